The van der Waals surface area contributed by atoms with Crippen LogP contribution in [0.2, 0.25) is 0 Å². The van der Waals surface area contributed by atoms with Crippen LogP contribution in [0, 0.1) is 0 Å². The lowest BCUT2D eigenvalue weighted by Crippen LogP contribution is -2.27. The zero-order valence-electron chi connectivity index (χ0n) is 6.55. The maximum absolute atomic E-state index is 4.34. The van der Waals surface area contributed by atoms with Crippen LogP contribution in [0.15, 0.2) is 4.99 Å². The van der Waals surface area contributed by atoms with E-state index in [1.807, 2.05) is 11.8 Å². The number of nitrogens with one attached hydrogen (secondary N) is 1. The van der Waals surface area contributed by atoms with E-state index in [1.54, 1.807) is 0 Å². The first-order chi connectivity index (χ1) is 4.79. The van der Waals surface area contributed by atoms with Crippen LogP contribution < -0.4 is 5.32 Å². The van der Waals surface area contributed by atoms with Crippen molar-refractivity contribution in [3.05, 3.63) is 0 Å². The smallest absolute Gasteiger partial charge is 0.156 e. The lowest BCUT2D eigenvalue weighted by atomic mass is 10.4. The van der Waals surface area contributed by atoms with Crippen molar-refractivity contribution in [2.45, 2.75) is 25.5 Å². The highest BCUT2D eigenvalue weighted by Gasteiger charge is 2.05. The molecule has 0 unspecified atom stereocenters. The number of aliphatic imine (C=N–C) groups is 1. The first kappa shape index (κ1) is 7.92. The molecule has 0 bridgehead atoms. The molecule has 0 saturated carbocycles. The zero-order valence-corrected chi connectivity index (χ0v) is 7.37. The quantitative estimate of drug-likeness (QED) is 0.625. The molecule has 1 N–H and O–H groups in total. The standard InChI is InChI=1S/C7H14N2S/c1-6(2)10-7-8-4-3-5-9-7/h6H,3-5H2,1-2H3,(H,8,9). The largest absolute Gasteiger partial charge is 0.365 e. The Hall–Kier alpha value is -0.180. The highest BCUT2D eigenvalue weighted by atomic mass is 32.2. The highest BCUT2D eigenvalue weighted by Crippen LogP contribution is 2.11. The highest BCUT2D eigenvalue weighted by molar-refractivity contribution is 8.14. The second-order valence-electron chi connectivity index (χ2n) is 2.63. The van der Waals surface area contributed by atoms with Gasteiger partial charge in [-0.15, -0.1) is 0 Å². The molecule has 1 aliphatic heterocycles. The minimum absolute atomic E-state index is 0.643. The first-order valence-electron chi connectivity index (χ1n) is 3.74. The lowest BCUT2D eigenvalue weighted by Gasteiger charge is -2.14. The third-order valence-electron chi connectivity index (χ3n) is 1.21. The lowest BCUT2D eigenvalue weighted by molar-refractivity contribution is 0.751. The van der Waals surface area contributed by atoms with Crippen molar-refractivity contribution in [3.63, 3.8) is 0 Å². The van der Waals surface area contributed by atoms with E-state index < -0.39 is 0 Å². The maximum atomic E-state index is 4.34. The van der Waals surface area contributed by atoms with Gasteiger partial charge in [-0.25, -0.2) is 0 Å². The van der Waals surface area contributed by atoms with Gasteiger partial charge in [-0.05, 0) is 6.42 Å². The summed E-state index contributed by atoms with van der Waals surface area (Å²) in [6, 6.07) is 0. The van der Waals surface area contributed by atoms with Gasteiger partial charge in [0.1, 0.15) is 0 Å². The van der Waals surface area contributed by atoms with E-state index in [1.165, 1.54) is 6.42 Å². The van der Waals surface area contributed by atoms with Crippen LogP contribution >= 0.6 is 11.8 Å². The number of hydrogen-bond acceptors (Lipinski definition) is 3. The molecule has 0 radical (unpaired) electrons. The van der Waals surface area contributed by atoms with Gasteiger partial charge in [0.25, 0.3) is 0 Å². The van der Waals surface area contributed by atoms with Crippen LogP contribution in [-0.4, -0.2) is 23.5 Å². The van der Waals surface area contributed by atoms with Crippen molar-refractivity contribution >= 4 is 16.9 Å². The van der Waals surface area contributed by atoms with E-state index in [9.17, 15) is 0 Å². The van der Waals surface area contributed by atoms with E-state index in [0.29, 0.717) is 5.25 Å². The molecule has 0 atom stereocenters. The summed E-state index contributed by atoms with van der Waals surface area (Å²) >= 11 is 1.81. The Morgan fingerprint density at radius 3 is 2.90 bits per heavy atom. The van der Waals surface area contributed by atoms with Gasteiger partial charge in [0.05, 0.1) is 0 Å². The minimum atomic E-state index is 0.643. The molecule has 0 aromatic heterocycles. The summed E-state index contributed by atoms with van der Waals surface area (Å²) in [7, 11) is 0. The number of amidine groups is 1. The Balaban J connectivity index is 2.31. The Labute approximate surface area is 66.5 Å². The van der Waals surface area contributed by atoms with Crippen molar-refractivity contribution in [3.8, 4) is 0 Å². The summed E-state index contributed by atoms with van der Waals surface area (Å²) in [6.07, 6.45) is 1.18. The molecule has 3 heteroatoms. The van der Waals surface area contributed by atoms with Crippen LogP contribution in [0.5, 0.6) is 0 Å². The van der Waals surface area contributed by atoms with E-state index in [4.69, 9.17) is 0 Å². The van der Waals surface area contributed by atoms with Gasteiger partial charge < -0.3 is 5.32 Å². The van der Waals surface area contributed by atoms with E-state index in [2.05, 4.69) is 24.2 Å². The Bertz CT molecular complexity index is 132. The molecular formula is C7H14N2S. The monoisotopic (exact) mass is 158 g/mol. The molecule has 0 saturated heterocycles. The average Bonchev–Trinajstić information content (AvgIpc) is 1.88. The fourth-order valence-corrected chi connectivity index (χ4v) is 1.61. The van der Waals surface area contributed by atoms with Gasteiger partial charge in [0, 0.05) is 18.3 Å². The molecule has 10 heavy (non-hydrogen) atoms. The number of hydrogen-bond donors (Lipinski definition) is 1. The summed E-state index contributed by atoms with van der Waals surface area (Å²) < 4.78 is 0. The minimum Gasteiger partial charge on any atom is -0.365 e. The Kier molecular flexibility index (Phi) is 3.06. The Morgan fingerprint density at radius 1 is 1.60 bits per heavy atom. The zero-order chi connectivity index (χ0) is 7.40. The fraction of sp³-hybridized carbons (Fsp3) is 0.857. The van der Waals surface area contributed by atoms with Crippen molar-refractivity contribution in [1.29, 1.82) is 0 Å². The van der Waals surface area contributed by atoms with Gasteiger partial charge in [-0.3, -0.25) is 4.99 Å². The molecule has 0 aromatic rings. The Morgan fingerprint density at radius 2 is 2.40 bits per heavy atom. The van der Waals surface area contributed by atoms with Crippen LogP contribution in [0.25, 0.3) is 0 Å². The maximum Gasteiger partial charge on any atom is 0.156 e. The van der Waals surface area contributed by atoms with Crippen LogP contribution in [0.4, 0.5) is 0 Å². The van der Waals surface area contributed by atoms with E-state index in [0.717, 1.165) is 18.3 Å². The van der Waals surface area contributed by atoms with Crippen molar-refractivity contribution < 1.29 is 0 Å². The fourth-order valence-electron chi connectivity index (χ4n) is 0.813. The van der Waals surface area contributed by atoms with Gasteiger partial charge >= 0.3 is 0 Å². The van der Waals surface area contributed by atoms with Gasteiger partial charge in [-0.2, -0.15) is 0 Å². The molecule has 1 rings (SSSR count). The van der Waals surface area contributed by atoms with Gasteiger partial charge in [0.2, 0.25) is 0 Å². The van der Waals surface area contributed by atoms with Crippen molar-refractivity contribution in [1.82, 2.24) is 5.32 Å². The molecule has 2 nitrogen and oxygen atoms in total. The summed E-state index contributed by atoms with van der Waals surface area (Å²) in [5.74, 6) is 0. The molecule has 58 valence electrons. The third-order valence-corrected chi connectivity index (χ3v) is 2.18. The summed E-state index contributed by atoms with van der Waals surface area (Å²) in [6.45, 7) is 6.47. The molecule has 1 aliphatic rings. The predicted octanol–water partition coefficient (Wildman–Crippen LogP) is 1.48. The van der Waals surface area contributed by atoms with E-state index in [-0.39, 0.29) is 0 Å². The van der Waals surface area contributed by atoms with Crippen LogP contribution in [0.1, 0.15) is 20.3 Å². The van der Waals surface area contributed by atoms with Crippen molar-refractivity contribution in [2.24, 2.45) is 4.99 Å². The summed E-state index contributed by atoms with van der Waals surface area (Å²) in [5.41, 5.74) is 0. The summed E-state index contributed by atoms with van der Waals surface area (Å²) in [4.78, 5) is 4.34. The molecule has 0 fully saturated rings. The molecule has 0 spiro atoms. The number of rotatable bonds is 1. The summed E-state index contributed by atoms with van der Waals surface area (Å²) in [5, 5.41) is 5.03. The predicted molar refractivity (Wildman–Crippen MR) is 47.6 cm³/mol. The number of nitrogens with zero attached hydrogens (tertiary/aromatic N) is 1. The number of thioether (sulfide) groups is 1. The molecule has 0 aromatic carbocycles. The second kappa shape index (κ2) is 3.86. The molecule has 1 heterocycles. The van der Waals surface area contributed by atoms with Gasteiger partial charge in [-0.1, -0.05) is 25.6 Å². The molecular weight excluding hydrogens is 144 g/mol. The van der Waals surface area contributed by atoms with Gasteiger partial charge in [0.15, 0.2) is 5.17 Å². The van der Waals surface area contributed by atoms with Crippen LogP contribution in [-0.2, 0) is 0 Å². The van der Waals surface area contributed by atoms with Crippen molar-refractivity contribution in [2.75, 3.05) is 13.1 Å². The topological polar surface area (TPSA) is 24.4 Å². The average molecular weight is 158 g/mol. The molecule has 0 aliphatic carbocycles. The third kappa shape index (κ3) is 2.60. The SMILES string of the molecule is CC(C)SC1=NCCCN1. The second-order valence-corrected chi connectivity index (χ2v) is 4.20. The van der Waals surface area contributed by atoms with Crippen LogP contribution in [0.3, 0.4) is 0 Å². The normalized spacial score (nSPS) is 18.5. The first-order valence-corrected chi connectivity index (χ1v) is 4.62. The van der Waals surface area contributed by atoms with E-state index >= 15 is 0 Å². The molecule has 0 amide bonds.